The van der Waals surface area contributed by atoms with E-state index in [2.05, 4.69) is 15.6 Å². The lowest BCUT2D eigenvalue weighted by atomic mass is 10.2. The molecule has 0 fully saturated rings. The summed E-state index contributed by atoms with van der Waals surface area (Å²) in [6, 6.07) is 3.35. The number of rotatable bonds is 4. The summed E-state index contributed by atoms with van der Waals surface area (Å²) in [5.74, 6) is -1.62. The molecule has 0 aliphatic rings. The second-order valence-electron chi connectivity index (χ2n) is 4.21. The average molecular weight is 307 g/mol. The smallest absolute Gasteiger partial charge is 0.339 e. The van der Waals surface area contributed by atoms with Crippen LogP contribution in [0.15, 0.2) is 23.7 Å². The maximum absolute atomic E-state index is 11.7. The van der Waals surface area contributed by atoms with Crippen LogP contribution in [0.4, 0.5) is 10.5 Å². The van der Waals surface area contributed by atoms with Gasteiger partial charge in [0.25, 0.3) is 0 Å². The normalized spacial score (nSPS) is 10.1. The van der Waals surface area contributed by atoms with E-state index in [4.69, 9.17) is 5.11 Å². The van der Waals surface area contributed by atoms with E-state index in [1.807, 2.05) is 6.92 Å². The molecular formula is C13H13N3O4S. The van der Waals surface area contributed by atoms with E-state index in [0.29, 0.717) is 6.54 Å². The molecule has 8 heteroatoms. The Morgan fingerprint density at radius 2 is 2.14 bits per heavy atom. The number of carboxylic acid groups (broad SMARTS) is 1. The molecule has 21 heavy (non-hydrogen) atoms. The van der Waals surface area contributed by atoms with Crippen molar-refractivity contribution in [3.63, 3.8) is 0 Å². The monoisotopic (exact) mass is 307 g/mol. The fourth-order valence-electron chi connectivity index (χ4n) is 1.62. The number of carboxylic acids is 1. The lowest BCUT2D eigenvalue weighted by Crippen LogP contribution is -2.28. The zero-order valence-corrected chi connectivity index (χ0v) is 11.9. The van der Waals surface area contributed by atoms with Crippen LogP contribution in [0.1, 0.15) is 20.9 Å². The van der Waals surface area contributed by atoms with Gasteiger partial charge in [0, 0.05) is 10.6 Å². The molecule has 0 atom stereocenters. The minimum atomic E-state index is -1.27. The molecule has 0 aliphatic heterocycles. The summed E-state index contributed by atoms with van der Waals surface area (Å²) < 4.78 is 0. The number of hydrogen-bond acceptors (Lipinski definition) is 5. The van der Waals surface area contributed by atoms with Gasteiger partial charge in [-0.1, -0.05) is 0 Å². The molecular weight excluding hydrogens is 294 g/mol. The van der Waals surface area contributed by atoms with Crippen LogP contribution < -0.4 is 10.6 Å². The number of aromatic nitrogens is 1. The Morgan fingerprint density at radius 3 is 2.76 bits per heavy atom. The zero-order chi connectivity index (χ0) is 15.4. The van der Waals surface area contributed by atoms with Crippen LogP contribution >= 0.6 is 11.3 Å². The minimum Gasteiger partial charge on any atom is -0.507 e. The number of carbonyl (C=O) groups is 2. The van der Waals surface area contributed by atoms with E-state index in [0.717, 1.165) is 10.6 Å². The average Bonchev–Trinajstić information content (AvgIpc) is 2.84. The number of nitrogens with one attached hydrogen (secondary N) is 2. The number of urea groups is 1. The van der Waals surface area contributed by atoms with E-state index in [-0.39, 0.29) is 17.0 Å². The first-order valence-electron chi connectivity index (χ1n) is 5.97. The Kier molecular flexibility index (Phi) is 4.39. The molecule has 0 spiro atoms. The number of amides is 2. The third kappa shape index (κ3) is 3.69. The summed E-state index contributed by atoms with van der Waals surface area (Å²) in [5, 5.41) is 23.4. The third-order valence-electron chi connectivity index (χ3n) is 2.74. The van der Waals surface area contributed by atoms with Crippen molar-refractivity contribution in [3.8, 4) is 5.75 Å². The molecule has 2 aromatic rings. The largest absolute Gasteiger partial charge is 0.507 e. The fraction of sp³-hybridized carbons (Fsp3) is 0.154. The van der Waals surface area contributed by atoms with Gasteiger partial charge in [-0.25, -0.2) is 14.6 Å². The highest BCUT2D eigenvalue weighted by Gasteiger charge is 2.11. The fourth-order valence-corrected chi connectivity index (χ4v) is 2.33. The number of carbonyl (C=O) groups excluding carboxylic acids is 1. The van der Waals surface area contributed by atoms with Crippen molar-refractivity contribution < 1.29 is 19.8 Å². The standard InChI is InChI=1S/C13H13N3O4S/c1-7-11(21-6-15-7)5-14-13(20)16-8-2-3-10(17)9(4-8)12(18)19/h2-4,6,17H,5H2,1H3,(H,18,19)(H2,14,16,20). The molecule has 1 aromatic heterocycles. The summed E-state index contributed by atoms with van der Waals surface area (Å²) >= 11 is 1.44. The van der Waals surface area contributed by atoms with Gasteiger partial charge in [0.15, 0.2) is 0 Å². The molecule has 2 amide bonds. The Hall–Kier alpha value is -2.61. The van der Waals surface area contributed by atoms with Crippen LogP contribution in [0.3, 0.4) is 0 Å². The van der Waals surface area contributed by atoms with Gasteiger partial charge >= 0.3 is 12.0 Å². The summed E-state index contributed by atoms with van der Waals surface area (Å²) in [4.78, 5) is 27.6. The van der Waals surface area contributed by atoms with Gasteiger partial charge in [0.2, 0.25) is 0 Å². The van der Waals surface area contributed by atoms with Crippen molar-refractivity contribution >= 4 is 29.0 Å². The number of phenols is 1. The number of benzene rings is 1. The molecule has 110 valence electrons. The highest BCUT2D eigenvalue weighted by atomic mass is 32.1. The van der Waals surface area contributed by atoms with Crippen molar-refractivity contribution in [3.05, 3.63) is 39.8 Å². The number of anilines is 1. The van der Waals surface area contributed by atoms with Gasteiger partial charge in [-0.3, -0.25) is 0 Å². The predicted molar refractivity (Wildman–Crippen MR) is 77.8 cm³/mol. The zero-order valence-electron chi connectivity index (χ0n) is 11.1. The van der Waals surface area contributed by atoms with Crippen LogP contribution in [-0.2, 0) is 6.54 Å². The van der Waals surface area contributed by atoms with Crippen molar-refractivity contribution in [1.82, 2.24) is 10.3 Å². The Labute approximate surface area is 124 Å². The Bertz CT molecular complexity index is 684. The van der Waals surface area contributed by atoms with Gasteiger partial charge in [-0.2, -0.15) is 0 Å². The Morgan fingerprint density at radius 1 is 1.38 bits per heavy atom. The maximum Gasteiger partial charge on any atom is 0.339 e. The van der Waals surface area contributed by atoms with Crippen LogP contribution in [0.5, 0.6) is 5.75 Å². The first-order chi connectivity index (χ1) is 9.97. The first kappa shape index (κ1) is 14.8. The summed E-state index contributed by atoms with van der Waals surface area (Å²) in [5.41, 5.74) is 2.57. The van der Waals surface area contributed by atoms with Crippen LogP contribution in [0, 0.1) is 6.92 Å². The highest BCUT2D eigenvalue weighted by molar-refractivity contribution is 7.09. The predicted octanol–water partition coefficient (Wildman–Crippen LogP) is 2.18. The first-order valence-corrected chi connectivity index (χ1v) is 6.85. The number of aromatic hydroxyl groups is 1. The van der Waals surface area contributed by atoms with E-state index in [1.54, 1.807) is 5.51 Å². The molecule has 1 heterocycles. The van der Waals surface area contributed by atoms with E-state index in [1.165, 1.54) is 29.5 Å². The molecule has 1 aromatic carbocycles. The maximum atomic E-state index is 11.7. The molecule has 0 aliphatic carbocycles. The molecule has 4 N–H and O–H groups in total. The van der Waals surface area contributed by atoms with E-state index < -0.39 is 12.0 Å². The summed E-state index contributed by atoms with van der Waals surface area (Å²) in [6.07, 6.45) is 0. The second kappa shape index (κ2) is 6.23. The van der Waals surface area contributed by atoms with Gasteiger partial charge in [-0.15, -0.1) is 11.3 Å². The lowest BCUT2D eigenvalue weighted by Gasteiger charge is -2.08. The highest BCUT2D eigenvalue weighted by Crippen LogP contribution is 2.21. The molecule has 0 unspecified atom stereocenters. The van der Waals surface area contributed by atoms with Crippen LogP contribution in [0.25, 0.3) is 0 Å². The number of nitrogens with zero attached hydrogens (tertiary/aromatic N) is 1. The van der Waals surface area contributed by atoms with Gasteiger partial charge in [-0.05, 0) is 25.1 Å². The quantitative estimate of drug-likeness (QED) is 0.647. The van der Waals surface area contributed by atoms with Gasteiger partial charge in [0.1, 0.15) is 11.3 Å². The van der Waals surface area contributed by atoms with Gasteiger partial charge < -0.3 is 20.8 Å². The minimum absolute atomic E-state index is 0.272. The van der Waals surface area contributed by atoms with E-state index in [9.17, 15) is 14.7 Å². The molecule has 0 saturated carbocycles. The SMILES string of the molecule is Cc1ncsc1CNC(=O)Nc1ccc(O)c(C(=O)O)c1. The summed E-state index contributed by atoms with van der Waals surface area (Å²) in [7, 11) is 0. The molecule has 0 radical (unpaired) electrons. The molecule has 0 bridgehead atoms. The number of hydrogen-bond donors (Lipinski definition) is 4. The molecule has 2 rings (SSSR count). The lowest BCUT2D eigenvalue weighted by molar-refractivity contribution is 0.0693. The van der Waals surface area contributed by atoms with Crippen LogP contribution in [-0.4, -0.2) is 27.2 Å². The van der Waals surface area contributed by atoms with E-state index >= 15 is 0 Å². The van der Waals surface area contributed by atoms with Gasteiger partial charge in [0.05, 0.1) is 17.7 Å². The molecule has 7 nitrogen and oxygen atoms in total. The van der Waals surface area contributed by atoms with Crippen molar-refractivity contribution in [2.75, 3.05) is 5.32 Å². The number of thiazole rings is 1. The van der Waals surface area contributed by atoms with Crippen molar-refractivity contribution in [2.45, 2.75) is 13.5 Å². The number of aromatic carboxylic acids is 1. The second-order valence-corrected chi connectivity index (χ2v) is 5.15. The van der Waals surface area contributed by atoms with Crippen molar-refractivity contribution in [1.29, 1.82) is 0 Å². The van der Waals surface area contributed by atoms with Crippen molar-refractivity contribution in [2.24, 2.45) is 0 Å². The number of aryl methyl sites for hydroxylation is 1. The summed E-state index contributed by atoms with van der Waals surface area (Å²) in [6.45, 7) is 2.19. The molecule has 0 saturated heterocycles. The Balaban J connectivity index is 1.98. The van der Waals surface area contributed by atoms with Crippen LogP contribution in [0.2, 0.25) is 0 Å². The third-order valence-corrected chi connectivity index (χ3v) is 3.67. The topological polar surface area (TPSA) is 112 Å².